The number of methoxy groups -OCH3 is 4. The van der Waals surface area contributed by atoms with Crippen molar-refractivity contribution in [3.05, 3.63) is 58.1 Å². The monoisotopic (exact) mass is 540 g/mol. The molecule has 0 fully saturated rings. The summed E-state index contributed by atoms with van der Waals surface area (Å²) in [4.78, 5) is 30.9. The lowest BCUT2D eigenvalue weighted by molar-refractivity contribution is -0.113. The van der Waals surface area contributed by atoms with Gasteiger partial charge in [0.15, 0.2) is 34.0 Å². The Hall–Kier alpha value is -4.19. The van der Waals surface area contributed by atoms with Gasteiger partial charge in [-0.3, -0.25) is 14.2 Å². The molecule has 2 aromatic carbocycles. The van der Waals surface area contributed by atoms with Crippen molar-refractivity contribution in [3.63, 3.8) is 0 Å². The molecule has 0 saturated carbocycles. The highest BCUT2D eigenvalue weighted by Gasteiger charge is 2.17. The van der Waals surface area contributed by atoms with Crippen molar-refractivity contribution in [1.82, 2.24) is 14.7 Å². The zero-order valence-electron chi connectivity index (χ0n) is 21.7. The van der Waals surface area contributed by atoms with Gasteiger partial charge in [0.2, 0.25) is 5.91 Å². The molecule has 0 unspecified atom stereocenters. The molecule has 200 valence electrons. The molecule has 4 aromatic rings. The van der Waals surface area contributed by atoms with Gasteiger partial charge in [-0.2, -0.15) is 0 Å². The van der Waals surface area contributed by atoms with Gasteiger partial charge in [-0.25, -0.2) is 4.98 Å². The lowest BCUT2D eigenvalue weighted by Gasteiger charge is -2.15. The summed E-state index contributed by atoms with van der Waals surface area (Å²) in [5.41, 5.74) is 1.12. The summed E-state index contributed by atoms with van der Waals surface area (Å²) < 4.78 is 28.0. The molecule has 2 aromatic heterocycles. The molecule has 2 heterocycles. The summed E-state index contributed by atoms with van der Waals surface area (Å²) in [6, 6.07) is 10.5. The third-order valence-corrected chi connectivity index (χ3v) is 6.70. The average molecular weight is 541 g/mol. The molecule has 4 rings (SSSR count). The Bertz CT molecular complexity index is 1520. The molecule has 11 nitrogen and oxygen atoms in total. The van der Waals surface area contributed by atoms with Crippen molar-refractivity contribution in [3.8, 4) is 23.0 Å². The summed E-state index contributed by atoms with van der Waals surface area (Å²) >= 11 is 1.15. The Balaban J connectivity index is 1.66. The Morgan fingerprint density at radius 1 is 0.974 bits per heavy atom. The lowest BCUT2D eigenvalue weighted by atomic mass is 10.1. The van der Waals surface area contributed by atoms with Crippen LogP contribution in [0.2, 0.25) is 0 Å². The fourth-order valence-electron chi connectivity index (χ4n) is 3.85. The quantitative estimate of drug-likeness (QED) is 0.222. The van der Waals surface area contributed by atoms with E-state index in [2.05, 4.69) is 10.5 Å². The van der Waals surface area contributed by atoms with Crippen molar-refractivity contribution in [1.29, 1.82) is 0 Å². The van der Waals surface area contributed by atoms with Crippen LogP contribution in [0.15, 0.2) is 50.9 Å². The number of hydrogen-bond donors (Lipinski definition) is 1. The maximum atomic E-state index is 13.6. The maximum Gasteiger partial charge on any atom is 0.262 e. The maximum absolute atomic E-state index is 13.6. The normalized spacial score (nSPS) is 10.9. The van der Waals surface area contributed by atoms with Crippen molar-refractivity contribution in [2.45, 2.75) is 25.0 Å². The number of carbonyl (C=O) groups excluding carboxylic acids is 1. The van der Waals surface area contributed by atoms with Gasteiger partial charge < -0.3 is 28.8 Å². The van der Waals surface area contributed by atoms with E-state index >= 15 is 0 Å². The highest BCUT2D eigenvalue weighted by atomic mass is 32.2. The topological polar surface area (TPSA) is 127 Å². The predicted octanol–water partition coefficient (Wildman–Crippen LogP) is 3.70. The summed E-state index contributed by atoms with van der Waals surface area (Å²) in [7, 11) is 6.16. The summed E-state index contributed by atoms with van der Waals surface area (Å²) in [6.07, 6.45) is 0.513. The molecule has 0 bridgehead atoms. The fourth-order valence-corrected chi connectivity index (χ4v) is 4.67. The number of thioether (sulfide) groups is 1. The second kappa shape index (κ2) is 11.9. The third-order valence-electron chi connectivity index (χ3n) is 5.72. The van der Waals surface area contributed by atoms with Crippen LogP contribution in [0.4, 0.5) is 5.82 Å². The van der Waals surface area contributed by atoms with E-state index in [-0.39, 0.29) is 17.2 Å². The number of fused-ring (bicyclic) bond motifs is 1. The largest absolute Gasteiger partial charge is 0.493 e. The standard InChI is InChI=1S/C26H28N4O7S/c1-15-10-23(29-37-15)28-24(31)14-38-26-27-18-13-22(36-5)21(35-4)12-17(18)25(32)30(26)9-8-16-6-7-19(33-2)20(11-16)34-3/h6-7,10-13H,8-9,14H2,1-5H3,(H,28,29,31). The molecule has 0 aliphatic rings. The van der Waals surface area contributed by atoms with Crippen molar-refractivity contribution < 1.29 is 28.3 Å². The number of nitrogens with one attached hydrogen (secondary N) is 1. The van der Waals surface area contributed by atoms with Crippen LogP contribution in [0.25, 0.3) is 10.9 Å². The fraction of sp³-hybridized carbons (Fsp3) is 0.308. The summed E-state index contributed by atoms with van der Waals surface area (Å²) in [6.45, 7) is 2.05. The van der Waals surface area contributed by atoms with E-state index in [4.69, 9.17) is 28.5 Å². The molecule has 0 spiro atoms. The van der Waals surface area contributed by atoms with Gasteiger partial charge >= 0.3 is 0 Å². The van der Waals surface area contributed by atoms with Gasteiger partial charge in [0.1, 0.15) is 5.76 Å². The van der Waals surface area contributed by atoms with Crippen LogP contribution in [0.5, 0.6) is 23.0 Å². The molecule has 1 N–H and O–H groups in total. The van der Waals surface area contributed by atoms with E-state index in [0.717, 1.165) is 17.3 Å². The number of anilines is 1. The van der Waals surface area contributed by atoms with Gasteiger partial charge in [0, 0.05) is 18.7 Å². The molecule has 0 aliphatic heterocycles. The number of aromatic nitrogens is 3. The van der Waals surface area contributed by atoms with Gasteiger partial charge in [0.25, 0.3) is 5.56 Å². The molecule has 1 amide bonds. The van der Waals surface area contributed by atoms with Crippen LogP contribution in [0, 0.1) is 6.92 Å². The number of nitrogens with zero attached hydrogens (tertiary/aromatic N) is 3. The summed E-state index contributed by atoms with van der Waals surface area (Å²) in [5.74, 6) is 2.69. The smallest absolute Gasteiger partial charge is 0.262 e. The highest BCUT2D eigenvalue weighted by Crippen LogP contribution is 2.32. The zero-order chi connectivity index (χ0) is 27.2. The number of amides is 1. The predicted molar refractivity (Wildman–Crippen MR) is 143 cm³/mol. The van der Waals surface area contributed by atoms with Crippen LogP contribution in [-0.2, 0) is 17.8 Å². The van der Waals surface area contributed by atoms with E-state index in [1.807, 2.05) is 18.2 Å². The van der Waals surface area contributed by atoms with Crippen LogP contribution in [0.1, 0.15) is 11.3 Å². The molecule has 0 saturated heterocycles. The Morgan fingerprint density at radius 3 is 2.32 bits per heavy atom. The van der Waals surface area contributed by atoms with E-state index in [9.17, 15) is 9.59 Å². The van der Waals surface area contributed by atoms with E-state index in [1.165, 1.54) is 14.2 Å². The molecule has 12 heteroatoms. The number of ether oxygens (including phenoxy) is 4. The lowest BCUT2D eigenvalue weighted by Crippen LogP contribution is -2.25. The average Bonchev–Trinajstić information content (AvgIpc) is 3.34. The van der Waals surface area contributed by atoms with Crippen molar-refractivity contribution in [2.24, 2.45) is 0 Å². The third kappa shape index (κ3) is 5.86. The Kier molecular flexibility index (Phi) is 8.41. The van der Waals surface area contributed by atoms with Crippen LogP contribution in [0.3, 0.4) is 0 Å². The van der Waals surface area contributed by atoms with Crippen LogP contribution < -0.4 is 29.8 Å². The van der Waals surface area contributed by atoms with Crippen molar-refractivity contribution >= 4 is 34.4 Å². The molecular weight excluding hydrogens is 512 g/mol. The van der Waals surface area contributed by atoms with Gasteiger partial charge in [0.05, 0.1) is 45.1 Å². The molecule has 0 atom stereocenters. The highest BCUT2D eigenvalue weighted by molar-refractivity contribution is 7.99. The number of benzene rings is 2. The first kappa shape index (κ1) is 26.9. The minimum Gasteiger partial charge on any atom is -0.493 e. The molecular formula is C26H28N4O7S. The second-order valence-corrected chi connectivity index (χ2v) is 9.12. The van der Waals surface area contributed by atoms with E-state index in [0.29, 0.717) is 63.6 Å². The van der Waals surface area contributed by atoms with E-state index < -0.39 is 0 Å². The van der Waals surface area contributed by atoms with Gasteiger partial charge in [-0.1, -0.05) is 23.0 Å². The van der Waals surface area contributed by atoms with E-state index in [1.54, 1.807) is 43.9 Å². The van der Waals surface area contributed by atoms with Crippen LogP contribution in [-0.4, -0.2) is 54.8 Å². The number of aryl methyl sites for hydroxylation is 2. The first-order valence-electron chi connectivity index (χ1n) is 11.6. The van der Waals surface area contributed by atoms with Gasteiger partial charge in [-0.15, -0.1) is 0 Å². The Labute approximate surface area is 223 Å². The molecule has 38 heavy (non-hydrogen) atoms. The molecule has 0 aliphatic carbocycles. The van der Waals surface area contributed by atoms with Crippen molar-refractivity contribution in [2.75, 3.05) is 39.5 Å². The first-order chi connectivity index (χ1) is 18.4. The minimum absolute atomic E-state index is 0.00744. The SMILES string of the molecule is COc1ccc(CCn2c(SCC(=O)Nc3cc(C)on3)nc3cc(OC)c(OC)cc3c2=O)cc1OC. The first-order valence-corrected chi connectivity index (χ1v) is 12.6. The number of carbonyl (C=O) groups is 1. The van der Waals surface area contributed by atoms with Gasteiger partial charge in [-0.05, 0) is 37.1 Å². The summed E-state index contributed by atoms with van der Waals surface area (Å²) in [5, 5.41) is 7.22. The Morgan fingerprint density at radius 2 is 1.66 bits per heavy atom. The molecule has 0 radical (unpaired) electrons. The second-order valence-electron chi connectivity index (χ2n) is 8.17. The number of hydrogen-bond acceptors (Lipinski definition) is 10. The minimum atomic E-state index is -0.309. The number of rotatable bonds is 11. The zero-order valence-corrected chi connectivity index (χ0v) is 22.5. The van der Waals surface area contributed by atoms with Crippen LogP contribution >= 0.6 is 11.8 Å².